The highest BCUT2D eigenvalue weighted by Crippen LogP contribution is 2.34. The van der Waals surface area contributed by atoms with Gasteiger partial charge in [0.25, 0.3) is 0 Å². The van der Waals surface area contributed by atoms with E-state index in [0.717, 1.165) is 43.4 Å². The Morgan fingerprint density at radius 3 is 2.71 bits per heavy atom. The van der Waals surface area contributed by atoms with E-state index in [4.69, 9.17) is 4.98 Å². The van der Waals surface area contributed by atoms with Crippen molar-refractivity contribution < 1.29 is 0 Å². The Kier molecular flexibility index (Phi) is 6.05. The van der Waals surface area contributed by atoms with Gasteiger partial charge in [0.15, 0.2) is 0 Å². The van der Waals surface area contributed by atoms with Crippen LogP contribution >= 0.6 is 12.4 Å². The van der Waals surface area contributed by atoms with E-state index in [0.29, 0.717) is 6.04 Å². The molecule has 0 aliphatic carbocycles. The molecule has 1 aromatic carbocycles. The third-order valence-electron chi connectivity index (χ3n) is 4.76. The van der Waals surface area contributed by atoms with Crippen LogP contribution in [-0.4, -0.2) is 23.1 Å². The van der Waals surface area contributed by atoms with E-state index in [1.165, 1.54) is 16.7 Å². The smallest absolute Gasteiger partial charge is 0.224 e. The van der Waals surface area contributed by atoms with E-state index in [9.17, 15) is 0 Å². The molecule has 0 amide bonds. The molecular weight excluding hydrogens is 320 g/mol. The third-order valence-corrected chi connectivity index (χ3v) is 4.76. The molecule has 5 heteroatoms. The first-order chi connectivity index (χ1) is 11.1. The van der Waals surface area contributed by atoms with Gasteiger partial charge in [-0.2, -0.15) is 4.98 Å². The maximum Gasteiger partial charge on any atom is 0.224 e. The van der Waals surface area contributed by atoms with Crippen LogP contribution in [0.25, 0.3) is 0 Å². The fourth-order valence-corrected chi connectivity index (χ4v) is 3.27. The van der Waals surface area contributed by atoms with Crippen molar-refractivity contribution in [3.8, 4) is 0 Å². The highest BCUT2D eigenvalue weighted by molar-refractivity contribution is 5.85. The van der Waals surface area contributed by atoms with E-state index >= 15 is 0 Å². The quantitative estimate of drug-likeness (QED) is 0.887. The number of benzene rings is 1. The summed E-state index contributed by atoms with van der Waals surface area (Å²) >= 11 is 0. The van der Waals surface area contributed by atoms with Crippen LogP contribution in [0.3, 0.4) is 0 Å². The van der Waals surface area contributed by atoms with E-state index in [-0.39, 0.29) is 12.4 Å². The lowest BCUT2D eigenvalue weighted by Crippen LogP contribution is -2.35. The summed E-state index contributed by atoms with van der Waals surface area (Å²) in [4.78, 5) is 11.8. The van der Waals surface area contributed by atoms with Crippen LogP contribution in [0.2, 0.25) is 0 Å². The van der Waals surface area contributed by atoms with E-state index in [1.807, 2.05) is 0 Å². The summed E-state index contributed by atoms with van der Waals surface area (Å²) in [6.07, 6.45) is 2.14. The summed E-state index contributed by atoms with van der Waals surface area (Å²) in [7, 11) is 0. The highest BCUT2D eigenvalue weighted by atomic mass is 35.5. The fourth-order valence-electron chi connectivity index (χ4n) is 3.27. The molecule has 4 nitrogen and oxygen atoms in total. The topological polar surface area (TPSA) is 41.1 Å². The van der Waals surface area contributed by atoms with Crippen molar-refractivity contribution in [2.75, 3.05) is 23.3 Å². The van der Waals surface area contributed by atoms with Crippen LogP contribution < -0.4 is 10.2 Å². The molecule has 1 aliphatic heterocycles. The maximum absolute atomic E-state index is 4.82. The van der Waals surface area contributed by atoms with E-state index < -0.39 is 0 Å². The Morgan fingerprint density at radius 1 is 1.21 bits per heavy atom. The van der Waals surface area contributed by atoms with Crippen molar-refractivity contribution in [1.29, 1.82) is 0 Å². The molecule has 1 N–H and O–H groups in total. The average Bonchev–Trinajstić information content (AvgIpc) is 2.57. The lowest BCUT2D eigenvalue weighted by Gasteiger charge is -2.37. The van der Waals surface area contributed by atoms with Crippen LogP contribution in [0.4, 0.5) is 11.8 Å². The second kappa shape index (κ2) is 7.84. The zero-order chi connectivity index (χ0) is 16.4. The van der Waals surface area contributed by atoms with Gasteiger partial charge in [-0.3, -0.25) is 0 Å². The molecule has 24 heavy (non-hydrogen) atoms. The summed E-state index contributed by atoms with van der Waals surface area (Å²) in [5.74, 6) is 1.81. The molecule has 2 aromatic rings. The van der Waals surface area contributed by atoms with Gasteiger partial charge in [-0.25, -0.2) is 4.98 Å². The van der Waals surface area contributed by atoms with Crippen molar-refractivity contribution in [1.82, 2.24) is 9.97 Å². The van der Waals surface area contributed by atoms with Gasteiger partial charge in [0.1, 0.15) is 5.82 Å². The lowest BCUT2D eigenvalue weighted by molar-refractivity contribution is 0.614. The Bertz CT molecular complexity index is 702. The Balaban J connectivity index is 0.00000208. The number of aromatic nitrogens is 2. The number of hydrogen-bond acceptors (Lipinski definition) is 4. The zero-order valence-electron chi connectivity index (χ0n) is 15.0. The average molecular weight is 347 g/mol. The molecule has 0 saturated heterocycles. The number of hydrogen-bond donors (Lipinski definition) is 1. The summed E-state index contributed by atoms with van der Waals surface area (Å²) in [5.41, 5.74) is 5.11. The van der Waals surface area contributed by atoms with Crippen molar-refractivity contribution in [2.24, 2.45) is 0 Å². The molecule has 130 valence electrons. The van der Waals surface area contributed by atoms with Crippen molar-refractivity contribution in [3.05, 3.63) is 46.6 Å². The number of anilines is 2. The molecule has 0 fully saturated rings. The van der Waals surface area contributed by atoms with Gasteiger partial charge >= 0.3 is 0 Å². The lowest BCUT2D eigenvalue weighted by atomic mass is 9.93. The van der Waals surface area contributed by atoms with Gasteiger partial charge in [-0.05, 0) is 44.7 Å². The van der Waals surface area contributed by atoms with Gasteiger partial charge in [-0.15, -0.1) is 12.4 Å². The number of nitrogens with one attached hydrogen (secondary N) is 1. The number of nitrogens with zero attached hydrogens (tertiary/aromatic N) is 3. The second-order valence-corrected chi connectivity index (χ2v) is 6.33. The molecule has 1 aliphatic rings. The molecule has 1 unspecified atom stereocenters. The van der Waals surface area contributed by atoms with Crippen LogP contribution in [0.15, 0.2) is 24.3 Å². The number of halogens is 1. The molecule has 0 radical (unpaired) electrons. The first-order valence-corrected chi connectivity index (χ1v) is 8.55. The maximum atomic E-state index is 4.82. The predicted octanol–water partition coefficient (Wildman–Crippen LogP) is 4.46. The molecule has 1 atom stereocenters. The zero-order valence-corrected chi connectivity index (χ0v) is 15.8. The standard InChI is InChI=1S/C19H26N4.ClH/c1-5-11-20-19-21-14(3)13(2)18(22-19)23-12-10-16-8-6-7-9-17(16)15(23)4;/h6-9,15H,5,10-12H2,1-4H3,(H,20,21,22);1H. The first-order valence-electron chi connectivity index (χ1n) is 8.55. The summed E-state index contributed by atoms with van der Waals surface area (Å²) in [6, 6.07) is 9.09. The highest BCUT2D eigenvalue weighted by Gasteiger charge is 2.26. The number of aryl methyl sites for hydroxylation is 1. The molecule has 0 saturated carbocycles. The van der Waals surface area contributed by atoms with Gasteiger partial charge in [0.2, 0.25) is 5.95 Å². The first kappa shape index (κ1) is 18.5. The van der Waals surface area contributed by atoms with Crippen LogP contribution in [-0.2, 0) is 6.42 Å². The van der Waals surface area contributed by atoms with Crippen molar-refractivity contribution >= 4 is 24.2 Å². The van der Waals surface area contributed by atoms with Crippen LogP contribution in [0.1, 0.15) is 48.7 Å². The Hall–Kier alpha value is -1.81. The minimum absolute atomic E-state index is 0. The largest absolute Gasteiger partial charge is 0.354 e. The summed E-state index contributed by atoms with van der Waals surface area (Å²) in [5, 5.41) is 3.33. The van der Waals surface area contributed by atoms with Gasteiger partial charge in [0, 0.05) is 24.3 Å². The van der Waals surface area contributed by atoms with Crippen LogP contribution in [0, 0.1) is 13.8 Å². The van der Waals surface area contributed by atoms with Crippen LogP contribution in [0.5, 0.6) is 0 Å². The molecular formula is C19H27ClN4. The Labute approximate surface area is 151 Å². The second-order valence-electron chi connectivity index (χ2n) is 6.33. The summed E-state index contributed by atoms with van der Waals surface area (Å²) in [6.45, 7) is 10.5. The van der Waals surface area contributed by atoms with Crippen molar-refractivity contribution in [3.63, 3.8) is 0 Å². The summed E-state index contributed by atoms with van der Waals surface area (Å²) < 4.78 is 0. The molecule has 0 spiro atoms. The van der Waals surface area contributed by atoms with E-state index in [1.54, 1.807) is 0 Å². The number of fused-ring (bicyclic) bond motifs is 1. The SMILES string of the molecule is CCCNc1nc(C)c(C)c(N2CCc3ccccc3C2C)n1.Cl. The van der Waals surface area contributed by atoms with Gasteiger partial charge in [-0.1, -0.05) is 31.2 Å². The predicted molar refractivity (Wildman–Crippen MR) is 103 cm³/mol. The minimum atomic E-state index is 0. The third kappa shape index (κ3) is 3.48. The van der Waals surface area contributed by atoms with Crippen molar-refractivity contribution in [2.45, 2.75) is 46.6 Å². The minimum Gasteiger partial charge on any atom is -0.354 e. The van der Waals surface area contributed by atoms with Gasteiger partial charge in [0.05, 0.1) is 6.04 Å². The fraction of sp³-hybridized carbons (Fsp3) is 0.474. The Morgan fingerprint density at radius 2 is 1.96 bits per heavy atom. The monoisotopic (exact) mass is 346 g/mol. The molecule has 2 heterocycles. The molecule has 0 bridgehead atoms. The van der Waals surface area contributed by atoms with Gasteiger partial charge < -0.3 is 10.2 Å². The normalized spacial score (nSPS) is 16.3. The van der Waals surface area contributed by atoms with E-state index in [2.05, 4.69) is 67.2 Å². The number of rotatable bonds is 4. The molecule has 1 aromatic heterocycles. The molecule has 3 rings (SSSR count).